The first kappa shape index (κ1) is 11.7. The van der Waals surface area contributed by atoms with Gasteiger partial charge in [-0.2, -0.15) is 0 Å². The third kappa shape index (κ3) is 3.36. The topological polar surface area (TPSA) is 72.6 Å². The van der Waals surface area contributed by atoms with E-state index >= 15 is 0 Å². The van der Waals surface area contributed by atoms with Gasteiger partial charge in [-0.25, -0.2) is 9.78 Å². The van der Waals surface area contributed by atoms with Gasteiger partial charge in [0.25, 0.3) is 0 Å². The van der Waals surface area contributed by atoms with Crippen LogP contribution >= 0.6 is 0 Å². The molecule has 0 saturated carbocycles. The molecule has 84 valence electrons. The lowest BCUT2D eigenvalue weighted by Gasteiger charge is -2.17. The maximum atomic E-state index is 10.7. The fourth-order valence-corrected chi connectivity index (χ4v) is 0.991. The van der Waals surface area contributed by atoms with Crippen LogP contribution in [0.1, 0.15) is 42.9 Å². The van der Waals surface area contributed by atoms with E-state index in [0.717, 1.165) is 0 Å². The number of ether oxygens (including phenoxy) is 1. The number of nitrogens with zero attached hydrogens (tertiary/aromatic N) is 1. The van der Waals surface area contributed by atoms with Crippen LogP contribution in [0.3, 0.4) is 0 Å². The van der Waals surface area contributed by atoms with Gasteiger partial charge in [-0.1, -0.05) is 0 Å². The summed E-state index contributed by atoms with van der Waals surface area (Å²) in [6.45, 7) is 7.48. The fraction of sp³-hybridized carbons (Fsp3) is 0.600. The predicted octanol–water partition coefficient (Wildman–Crippen LogP) is 2.00. The van der Waals surface area contributed by atoms with E-state index in [1.807, 2.05) is 20.8 Å². The Morgan fingerprint density at radius 1 is 1.53 bits per heavy atom. The summed E-state index contributed by atoms with van der Waals surface area (Å²) in [6, 6.07) is 0. The standard InChI is InChI=1S/C10H15NO4/c1-6-8(9(12)13)15-7(11-6)5-14-10(2,3)4/h5H2,1-4H3,(H,12,13). The first-order valence-corrected chi connectivity index (χ1v) is 4.63. The van der Waals surface area contributed by atoms with E-state index in [0.29, 0.717) is 11.6 Å². The second-order valence-corrected chi connectivity index (χ2v) is 4.23. The molecule has 0 aliphatic rings. The van der Waals surface area contributed by atoms with E-state index < -0.39 is 5.97 Å². The van der Waals surface area contributed by atoms with E-state index in [1.165, 1.54) is 0 Å². The molecule has 0 unspecified atom stereocenters. The Morgan fingerprint density at radius 3 is 2.53 bits per heavy atom. The Kier molecular flexibility index (Phi) is 3.14. The van der Waals surface area contributed by atoms with Gasteiger partial charge in [-0.05, 0) is 27.7 Å². The molecule has 0 spiro atoms. The third-order valence-electron chi connectivity index (χ3n) is 1.66. The summed E-state index contributed by atoms with van der Waals surface area (Å²) in [5, 5.41) is 8.73. The van der Waals surface area contributed by atoms with Crippen molar-refractivity contribution in [1.82, 2.24) is 4.98 Å². The monoisotopic (exact) mass is 213 g/mol. The van der Waals surface area contributed by atoms with Gasteiger partial charge in [0.2, 0.25) is 11.7 Å². The molecule has 1 rings (SSSR count). The minimum absolute atomic E-state index is 0.123. The lowest BCUT2D eigenvalue weighted by molar-refractivity contribution is -0.0246. The van der Waals surface area contributed by atoms with Crippen molar-refractivity contribution in [2.75, 3.05) is 0 Å². The van der Waals surface area contributed by atoms with E-state index in [9.17, 15) is 4.79 Å². The van der Waals surface area contributed by atoms with Crippen LogP contribution < -0.4 is 0 Å². The summed E-state index contributed by atoms with van der Waals surface area (Å²) >= 11 is 0. The molecule has 1 aromatic rings. The van der Waals surface area contributed by atoms with Gasteiger partial charge in [0.15, 0.2) is 0 Å². The highest BCUT2D eigenvalue weighted by molar-refractivity contribution is 5.85. The van der Waals surface area contributed by atoms with Crippen LogP contribution in [0.25, 0.3) is 0 Å². The van der Waals surface area contributed by atoms with Crippen molar-refractivity contribution < 1.29 is 19.1 Å². The molecule has 0 fully saturated rings. The molecule has 0 aliphatic heterocycles. The largest absolute Gasteiger partial charge is 0.475 e. The van der Waals surface area contributed by atoms with Crippen LogP contribution in [0.2, 0.25) is 0 Å². The number of carboxylic acids is 1. The molecule has 1 aromatic heterocycles. The zero-order valence-electron chi connectivity index (χ0n) is 9.33. The molecule has 5 heteroatoms. The number of carboxylic acid groups (broad SMARTS) is 1. The lowest BCUT2D eigenvalue weighted by Crippen LogP contribution is -2.18. The second-order valence-electron chi connectivity index (χ2n) is 4.23. The Labute approximate surface area is 88.1 Å². The van der Waals surface area contributed by atoms with Gasteiger partial charge in [0.05, 0.1) is 11.3 Å². The van der Waals surface area contributed by atoms with Crippen LogP contribution in [-0.4, -0.2) is 21.7 Å². The molecular formula is C10H15NO4. The Bertz CT molecular complexity index is 362. The predicted molar refractivity (Wildman–Crippen MR) is 52.7 cm³/mol. The molecule has 1 heterocycles. The third-order valence-corrected chi connectivity index (χ3v) is 1.66. The van der Waals surface area contributed by atoms with E-state index in [2.05, 4.69) is 4.98 Å². The SMILES string of the molecule is Cc1nc(COC(C)(C)C)oc1C(=O)O. The number of aromatic nitrogens is 1. The van der Waals surface area contributed by atoms with Gasteiger partial charge in [0, 0.05) is 0 Å². The van der Waals surface area contributed by atoms with E-state index in [1.54, 1.807) is 6.92 Å². The van der Waals surface area contributed by atoms with Crippen LogP contribution in [0.15, 0.2) is 4.42 Å². The van der Waals surface area contributed by atoms with Crippen molar-refractivity contribution in [3.05, 3.63) is 17.3 Å². The summed E-state index contributed by atoms with van der Waals surface area (Å²) in [6.07, 6.45) is 0. The summed E-state index contributed by atoms with van der Waals surface area (Å²) in [7, 11) is 0. The summed E-state index contributed by atoms with van der Waals surface area (Å²) in [5.41, 5.74) is 0.0705. The van der Waals surface area contributed by atoms with Crippen LogP contribution in [0.4, 0.5) is 0 Å². The number of aryl methyl sites for hydroxylation is 1. The molecule has 15 heavy (non-hydrogen) atoms. The van der Waals surface area contributed by atoms with Gasteiger partial charge in [-0.15, -0.1) is 0 Å². The van der Waals surface area contributed by atoms with Crippen LogP contribution in [0.5, 0.6) is 0 Å². The highest BCUT2D eigenvalue weighted by Gasteiger charge is 2.18. The van der Waals surface area contributed by atoms with Gasteiger partial charge < -0.3 is 14.3 Å². The van der Waals surface area contributed by atoms with Crippen molar-refractivity contribution in [2.24, 2.45) is 0 Å². The molecule has 0 bridgehead atoms. The molecule has 0 amide bonds. The Hall–Kier alpha value is -1.36. The molecule has 0 saturated heterocycles. The maximum absolute atomic E-state index is 10.7. The average molecular weight is 213 g/mol. The zero-order valence-corrected chi connectivity index (χ0v) is 9.33. The van der Waals surface area contributed by atoms with Crippen molar-refractivity contribution >= 4 is 5.97 Å². The van der Waals surface area contributed by atoms with Gasteiger partial charge in [0.1, 0.15) is 6.61 Å². The number of hydrogen-bond donors (Lipinski definition) is 1. The van der Waals surface area contributed by atoms with Gasteiger partial charge >= 0.3 is 5.97 Å². The first-order chi connectivity index (χ1) is 6.79. The Morgan fingerprint density at radius 2 is 2.13 bits per heavy atom. The van der Waals surface area contributed by atoms with Crippen molar-refractivity contribution in [2.45, 2.75) is 39.9 Å². The number of oxazole rings is 1. The molecule has 0 atom stereocenters. The second kappa shape index (κ2) is 4.02. The van der Waals surface area contributed by atoms with Crippen molar-refractivity contribution in [1.29, 1.82) is 0 Å². The highest BCUT2D eigenvalue weighted by Crippen LogP contribution is 2.14. The van der Waals surface area contributed by atoms with E-state index in [4.69, 9.17) is 14.3 Å². The summed E-state index contributed by atoms with van der Waals surface area (Å²) in [5.74, 6) is -0.940. The summed E-state index contributed by atoms with van der Waals surface area (Å²) in [4.78, 5) is 14.6. The Balaban J connectivity index is 2.72. The number of carbonyl (C=O) groups is 1. The van der Waals surface area contributed by atoms with Gasteiger partial charge in [-0.3, -0.25) is 0 Å². The molecule has 0 aromatic carbocycles. The molecule has 5 nitrogen and oxygen atoms in total. The molecule has 0 aliphatic carbocycles. The van der Waals surface area contributed by atoms with E-state index in [-0.39, 0.29) is 18.0 Å². The van der Waals surface area contributed by atoms with Crippen LogP contribution in [-0.2, 0) is 11.3 Å². The summed E-state index contributed by atoms with van der Waals surface area (Å²) < 4.78 is 10.4. The minimum Gasteiger partial charge on any atom is -0.475 e. The smallest absolute Gasteiger partial charge is 0.373 e. The van der Waals surface area contributed by atoms with Crippen molar-refractivity contribution in [3.63, 3.8) is 0 Å². The maximum Gasteiger partial charge on any atom is 0.373 e. The molecule has 0 radical (unpaired) electrons. The average Bonchev–Trinajstić information content (AvgIpc) is 2.42. The van der Waals surface area contributed by atoms with Crippen molar-refractivity contribution in [3.8, 4) is 0 Å². The normalized spacial score (nSPS) is 11.7. The minimum atomic E-state index is -1.11. The lowest BCUT2D eigenvalue weighted by atomic mass is 10.2. The highest BCUT2D eigenvalue weighted by atomic mass is 16.5. The fourth-order valence-electron chi connectivity index (χ4n) is 0.991. The number of hydrogen-bond acceptors (Lipinski definition) is 4. The zero-order chi connectivity index (χ0) is 11.6. The van der Waals surface area contributed by atoms with Crippen LogP contribution in [0, 0.1) is 6.92 Å². The quantitative estimate of drug-likeness (QED) is 0.831. The molecular weight excluding hydrogens is 198 g/mol. The number of rotatable bonds is 3. The first-order valence-electron chi connectivity index (χ1n) is 4.63. The number of aromatic carboxylic acids is 1. The molecule has 1 N–H and O–H groups in total.